The van der Waals surface area contributed by atoms with E-state index in [-0.39, 0.29) is 18.4 Å². The lowest BCUT2D eigenvalue weighted by molar-refractivity contribution is -0.114. The van der Waals surface area contributed by atoms with E-state index in [0.717, 1.165) is 0 Å². The fourth-order valence-electron chi connectivity index (χ4n) is 1.52. The molecule has 0 aliphatic carbocycles. The van der Waals surface area contributed by atoms with Crippen molar-refractivity contribution >= 4 is 23.4 Å². The Balaban J connectivity index is 1.81. The minimum Gasteiger partial charge on any atom is -0.484 e. The maximum absolute atomic E-state index is 12.0. The van der Waals surface area contributed by atoms with Gasteiger partial charge in [0.15, 0.2) is 6.61 Å². The van der Waals surface area contributed by atoms with E-state index in [1.54, 1.807) is 19.1 Å². The lowest BCUT2D eigenvalue weighted by atomic mass is 10.3. The SMILES string of the molecule is Cc1nnc(COc2ccc(NC(=O)CSC(F)(F)F)cc2)o1. The molecule has 124 valence electrons. The molecular formula is C13H12F3N3O3S. The Kier molecular flexibility index (Phi) is 5.48. The zero-order valence-corrected chi connectivity index (χ0v) is 12.7. The van der Waals surface area contributed by atoms with Crippen LogP contribution >= 0.6 is 11.8 Å². The molecule has 0 radical (unpaired) electrons. The molecule has 0 bridgehead atoms. The molecule has 0 atom stereocenters. The van der Waals surface area contributed by atoms with Crippen LogP contribution in [0.5, 0.6) is 5.75 Å². The molecule has 6 nitrogen and oxygen atoms in total. The highest BCUT2D eigenvalue weighted by molar-refractivity contribution is 8.00. The van der Waals surface area contributed by atoms with Gasteiger partial charge in [0, 0.05) is 12.6 Å². The van der Waals surface area contributed by atoms with Crippen molar-refractivity contribution in [2.75, 3.05) is 11.1 Å². The Labute approximate surface area is 133 Å². The number of ether oxygens (including phenoxy) is 1. The second kappa shape index (κ2) is 7.36. The zero-order chi connectivity index (χ0) is 16.9. The van der Waals surface area contributed by atoms with Gasteiger partial charge in [0.1, 0.15) is 5.75 Å². The first kappa shape index (κ1) is 17.1. The lowest BCUT2D eigenvalue weighted by Crippen LogP contribution is -2.17. The minimum atomic E-state index is -4.43. The summed E-state index contributed by atoms with van der Waals surface area (Å²) in [7, 11) is 0. The van der Waals surface area contributed by atoms with Crippen molar-refractivity contribution in [1.82, 2.24) is 10.2 Å². The Morgan fingerprint density at radius 2 is 2.00 bits per heavy atom. The number of nitrogens with one attached hydrogen (secondary N) is 1. The van der Waals surface area contributed by atoms with Gasteiger partial charge in [-0.25, -0.2) is 0 Å². The molecule has 2 rings (SSSR count). The molecule has 1 N–H and O–H groups in total. The third-order valence-corrected chi connectivity index (χ3v) is 3.17. The van der Waals surface area contributed by atoms with E-state index in [4.69, 9.17) is 9.15 Å². The van der Waals surface area contributed by atoms with Gasteiger partial charge in [-0.15, -0.1) is 10.2 Å². The highest BCUT2D eigenvalue weighted by Gasteiger charge is 2.29. The summed E-state index contributed by atoms with van der Waals surface area (Å²) in [5.41, 5.74) is -4.05. The summed E-state index contributed by atoms with van der Waals surface area (Å²) in [6.45, 7) is 1.75. The van der Waals surface area contributed by atoms with E-state index in [9.17, 15) is 18.0 Å². The zero-order valence-electron chi connectivity index (χ0n) is 11.9. The van der Waals surface area contributed by atoms with Crippen molar-refractivity contribution < 1.29 is 27.1 Å². The predicted octanol–water partition coefficient (Wildman–Crippen LogP) is 3.15. The van der Waals surface area contributed by atoms with Gasteiger partial charge in [-0.3, -0.25) is 4.79 Å². The standard InChI is InChI=1S/C13H12F3N3O3S/c1-8-18-19-12(22-8)6-21-10-4-2-9(3-5-10)17-11(20)7-23-13(14,15)16/h2-5H,6-7H2,1H3,(H,17,20). The smallest absolute Gasteiger partial charge is 0.442 e. The van der Waals surface area contributed by atoms with Crippen LogP contribution in [0.3, 0.4) is 0 Å². The number of rotatable bonds is 6. The highest BCUT2D eigenvalue weighted by atomic mass is 32.2. The van der Waals surface area contributed by atoms with Gasteiger partial charge in [-0.1, -0.05) is 0 Å². The highest BCUT2D eigenvalue weighted by Crippen LogP contribution is 2.30. The van der Waals surface area contributed by atoms with Gasteiger partial charge >= 0.3 is 5.51 Å². The van der Waals surface area contributed by atoms with Crippen molar-refractivity contribution in [2.45, 2.75) is 19.0 Å². The number of hydrogen-bond acceptors (Lipinski definition) is 6. The second-order valence-corrected chi connectivity index (χ2v) is 5.35. The van der Waals surface area contributed by atoms with Gasteiger partial charge < -0.3 is 14.5 Å². The quantitative estimate of drug-likeness (QED) is 0.865. The number of hydrogen-bond donors (Lipinski definition) is 1. The number of carbonyl (C=O) groups excluding carboxylic acids is 1. The third kappa shape index (κ3) is 6.19. The van der Waals surface area contributed by atoms with Gasteiger partial charge in [-0.05, 0) is 36.0 Å². The summed E-state index contributed by atoms with van der Waals surface area (Å²) in [5.74, 6) is -0.188. The number of aromatic nitrogens is 2. The number of amides is 1. The molecule has 0 unspecified atom stereocenters. The topological polar surface area (TPSA) is 77.3 Å². The fraction of sp³-hybridized carbons (Fsp3) is 0.308. The number of anilines is 1. The van der Waals surface area contributed by atoms with Crippen molar-refractivity contribution in [3.63, 3.8) is 0 Å². The molecule has 23 heavy (non-hydrogen) atoms. The molecule has 0 saturated carbocycles. The number of nitrogens with zero attached hydrogens (tertiary/aromatic N) is 2. The van der Waals surface area contributed by atoms with Crippen molar-refractivity contribution in [3.05, 3.63) is 36.0 Å². The Bertz CT molecular complexity index is 658. The molecular weight excluding hydrogens is 335 g/mol. The van der Waals surface area contributed by atoms with Crippen LogP contribution in [0.4, 0.5) is 18.9 Å². The number of aryl methyl sites for hydroxylation is 1. The minimum absolute atomic E-state index is 0.0920. The van der Waals surface area contributed by atoms with E-state index in [1.165, 1.54) is 12.1 Å². The van der Waals surface area contributed by atoms with Crippen LogP contribution in [0.1, 0.15) is 11.8 Å². The molecule has 1 aromatic heterocycles. The van der Waals surface area contributed by atoms with E-state index in [0.29, 0.717) is 23.2 Å². The first-order valence-electron chi connectivity index (χ1n) is 6.34. The molecule has 2 aromatic rings. The molecule has 1 aromatic carbocycles. The second-order valence-electron chi connectivity index (χ2n) is 4.31. The summed E-state index contributed by atoms with van der Waals surface area (Å²) in [5, 5.41) is 9.78. The molecule has 0 fully saturated rings. The molecule has 0 aliphatic rings. The Hall–Kier alpha value is -2.23. The van der Waals surface area contributed by atoms with Gasteiger partial charge in [-0.2, -0.15) is 13.2 Å². The van der Waals surface area contributed by atoms with Crippen molar-refractivity contribution in [3.8, 4) is 5.75 Å². The van der Waals surface area contributed by atoms with E-state index >= 15 is 0 Å². The van der Waals surface area contributed by atoms with Crippen LogP contribution in [0.25, 0.3) is 0 Å². The van der Waals surface area contributed by atoms with Gasteiger partial charge in [0.25, 0.3) is 5.89 Å². The van der Waals surface area contributed by atoms with Crippen LogP contribution < -0.4 is 10.1 Å². The monoisotopic (exact) mass is 347 g/mol. The van der Waals surface area contributed by atoms with Crippen LogP contribution in [-0.4, -0.2) is 27.4 Å². The summed E-state index contributed by atoms with van der Waals surface area (Å²) in [6, 6.07) is 6.17. The fourth-order valence-corrected chi connectivity index (χ4v) is 1.89. The van der Waals surface area contributed by atoms with E-state index in [1.807, 2.05) is 0 Å². The van der Waals surface area contributed by atoms with Gasteiger partial charge in [0.2, 0.25) is 11.8 Å². The maximum Gasteiger partial charge on any atom is 0.442 e. The molecule has 10 heteroatoms. The van der Waals surface area contributed by atoms with Crippen LogP contribution in [0.15, 0.2) is 28.7 Å². The average Bonchev–Trinajstić information content (AvgIpc) is 2.89. The van der Waals surface area contributed by atoms with E-state index < -0.39 is 17.2 Å². The summed E-state index contributed by atoms with van der Waals surface area (Å²) in [4.78, 5) is 11.4. The largest absolute Gasteiger partial charge is 0.484 e. The van der Waals surface area contributed by atoms with Crippen LogP contribution in [0.2, 0.25) is 0 Å². The Morgan fingerprint density at radius 1 is 1.30 bits per heavy atom. The first-order valence-corrected chi connectivity index (χ1v) is 7.33. The number of thioether (sulfide) groups is 1. The maximum atomic E-state index is 12.0. The average molecular weight is 347 g/mol. The van der Waals surface area contributed by atoms with E-state index in [2.05, 4.69) is 15.5 Å². The summed E-state index contributed by atoms with van der Waals surface area (Å²) < 4.78 is 46.5. The number of halogens is 3. The normalized spacial score (nSPS) is 11.3. The predicted molar refractivity (Wildman–Crippen MR) is 77.0 cm³/mol. The van der Waals surface area contributed by atoms with Crippen molar-refractivity contribution in [1.29, 1.82) is 0 Å². The van der Waals surface area contributed by atoms with Crippen LogP contribution in [0, 0.1) is 6.92 Å². The molecule has 0 spiro atoms. The third-order valence-electron chi connectivity index (χ3n) is 2.44. The molecule has 0 saturated heterocycles. The van der Waals surface area contributed by atoms with Gasteiger partial charge in [0.05, 0.1) is 5.75 Å². The summed E-state index contributed by atoms with van der Waals surface area (Å²) >= 11 is -0.388. The molecule has 0 aliphatic heterocycles. The Morgan fingerprint density at radius 3 is 2.57 bits per heavy atom. The first-order chi connectivity index (χ1) is 10.8. The number of benzene rings is 1. The van der Waals surface area contributed by atoms with Crippen molar-refractivity contribution in [2.24, 2.45) is 0 Å². The van der Waals surface area contributed by atoms with Crippen LogP contribution in [-0.2, 0) is 11.4 Å². The summed E-state index contributed by atoms with van der Waals surface area (Å²) in [6.07, 6.45) is 0. The number of carbonyl (C=O) groups is 1. The number of alkyl halides is 3. The molecule has 1 heterocycles. The molecule has 1 amide bonds. The lowest BCUT2D eigenvalue weighted by Gasteiger charge is -2.08.